The van der Waals surface area contributed by atoms with Crippen LogP contribution in [-0.2, 0) is 0 Å². The predicted octanol–water partition coefficient (Wildman–Crippen LogP) is 0.873. The van der Waals surface area contributed by atoms with Crippen LogP contribution in [-0.4, -0.2) is 13.3 Å². The van der Waals surface area contributed by atoms with Gasteiger partial charge in [0.15, 0.2) is 0 Å². The van der Waals surface area contributed by atoms with E-state index in [1.165, 1.54) is 0 Å². The fourth-order valence-electron chi connectivity index (χ4n) is 0.0913. The molecule has 0 fully saturated rings. The summed E-state index contributed by atoms with van der Waals surface area (Å²) in [7, 11) is 0. The lowest BCUT2D eigenvalue weighted by molar-refractivity contribution is 1.28. The van der Waals surface area contributed by atoms with Gasteiger partial charge in [0.1, 0.15) is 0 Å². The van der Waals surface area contributed by atoms with Crippen molar-refractivity contribution in [2.75, 3.05) is 6.54 Å². The molecule has 0 aliphatic carbocycles. The fraction of sp³-hybridized carbons (Fsp3) is 0.250. The third-order valence-corrected chi connectivity index (χ3v) is 0.258. The number of nitrogens with zero attached hydrogens (tertiary/aromatic N) is 1. The van der Waals surface area contributed by atoms with Gasteiger partial charge in [0.25, 0.3) is 0 Å². The second-order valence-electron chi connectivity index (χ2n) is 0.695. The van der Waals surface area contributed by atoms with Gasteiger partial charge in [-0.1, -0.05) is 6.08 Å². The smallest absolute Gasteiger partial charge is 0.0560 e. The Kier molecular flexibility index (Phi) is 3.01. The molecule has 1 nitrogen and oxygen atoms in total. The summed E-state index contributed by atoms with van der Waals surface area (Å²) in [6, 6.07) is 0. The molecule has 0 N–H and O–H groups in total. The van der Waals surface area contributed by atoms with E-state index >= 15 is 0 Å². The van der Waals surface area contributed by atoms with Crippen LogP contribution in [0.25, 0.3) is 0 Å². The van der Waals surface area contributed by atoms with Crippen LogP contribution >= 0.6 is 0 Å². The first-order valence-electron chi connectivity index (χ1n) is 1.45. The number of aliphatic imine (C=N–C) groups is 1. The van der Waals surface area contributed by atoms with E-state index in [4.69, 9.17) is 0 Å². The number of hydrogen-bond acceptors (Lipinski definition) is 1. The van der Waals surface area contributed by atoms with E-state index in [-0.39, 0.29) is 0 Å². The van der Waals surface area contributed by atoms with Crippen molar-refractivity contribution in [3.8, 4) is 0 Å². The largest absolute Gasteiger partial charge is 0.297 e. The van der Waals surface area contributed by atoms with Crippen LogP contribution in [0.3, 0.4) is 0 Å². The van der Waals surface area contributed by atoms with E-state index in [0.29, 0.717) is 6.54 Å². The van der Waals surface area contributed by atoms with Crippen LogP contribution in [0.5, 0.6) is 0 Å². The Morgan fingerprint density at radius 2 is 2.40 bits per heavy atom. The van der Waals surface area contributed by atoms with Crippen LogP contribution in [0.1, 0.15) is 0 Å². The molecular weight excluding hydrogens is 62.1 g/mol. The third kappa shape index (κ3) is 3.41. The van der Waals surface area contributed by atoms with Crippen molar-refractivity contribution in [2.45, 2.75) is 0 Å². The van der Waals surface area contributed by atoms with E-state index < -0.39 is 0 Å². The summed E-state index contributed by atoms with van der Waals surface area (Å²) < 4.78 is 0. The summed E-state index contributed by atoms with van der Waals surface area (Å²) in [5.41, 5.74) is 0. The fourth-order valence-corrected chi connectivity index (χ4v) is 0.0913. The van der Waals surface area contributed by atoms with E-state index in [0.717, 1.165) is 0 Å². The van der Waals surface area contributed by atoms with Gasteiger partial charge in [0, 0.05) is 0 Å². The van der Waals surface area contributed by atoms with Crippen molar-refractivity contribution >= 4 is 6.72 Å². The van der Waals surface area contributed by atoms with E-state index in [1.54, 1.807) is 6.08 Å². The minimum absolute atomic E-state index is 0.667. The molecule has 28 valence electrons. The zero-order valence-electron chi connectivity index (χ0n) is 3.15. The van der Waals surface area contributed by atoms with Crippen LogP contribution in [0.15, 0.2) is 17.6 Å². The van der Waals surface area contributed by atoms with Crippen molar-refractivity contribution in [2.24, 2.45) is 4.99 Å². The molecule has 0 atom stereocenters. The van der Waals surface area contributed by atoms with Gasteiger partial charge in [-0.25, -0.2) is 0 Å². The summed E-state index contributed by atoms with van der Waals surface area (Å²) in [4.78, 5) is 3.49. The third-order valence-electron chi connectivity index (χ3n) is 0.258. The molecule has 1 heteroatoms. The Morgan fingerprint density at radius 1 is 1.80 bits per heavy atom. The van der Waals surface area contributed by atoms with Gasteiger partial charge in [-0.3, -0.25) is 4.99 Å². The summed E-state index contributed by atoms with van der Waals surface area (Å²) >= 11 is 0. The van der Waals surface area contributed by atoms with Crippen LogP contribution in [0.4, 0.5) is 0 Å². The minimum Gasteiger partial charge on any atom is -0.297 e. The minimum atomic E-state index is 0.667. The normalized spacial score (nSPS) is 6.40. The molecule has 0 aliphatic heterocycles. The first-order valence-corrected chi connectivity index (χ1v) is 1.45. The number of hydrogen-bond donors (Lipinski definition) is 0. The van der Waals surface area contributed by atoms with Crippen molar-refractivity contribution in [3.05, 3.63) is 12.7 Å². The molecule has 0 heterocycles. The van der Waals surface area contributed by atoms with Crippen LogP contribution in [0, 0.1) is 0 Å². The molecule has 0 saturated carbocycles. The maximum absolute atomic E-state index is 3.49. The Morgan fingerprint density at radius 3 is 2.40 bits per heavy atom. The highest BCUT2D eigenvalue weighted by Crippen LogP contribution is 1.59. The zero-order chi connectivity index (χ0) is 4.12. The Labute approximate surface area is 32.0 Å². The van der Waals surface area contributed by atoms with Gasteiger partial charge >= 0.3 is 0 Å². The first-order chi connectivity index (χ1) is 2.41. The second kappa shape index (κ2) is 3.41. The molecule has 0 aromatic rings. The second-order valence-corrected chi connectivity index (χ2v) is 0.695. The van der Waals surface area contributed by atoms with Crippen molar-refractivity contribution in [1.29, 1.82) is 0 Å². The van der Waals surface area contributed by atoms with E-state index in [2.05, 4.69) is 18.3 Å². The Hall–Kier alpha value is -0.590. The highest BCUT2D eigenvalue weighted by atomic mass is 14.6. The van der Waals surface area contributed by atoms with Gasteiger partial charge in [0.05, 0.1) is 6.54 Å². The molecule has 0 bridgehead atoms. The van der Waals surface area contributed by atoms with Crippen molar-refractivity contribution in [1.82, 2.24) is 0 Å². The predicted molar refractivity (Wildman–Crippen MR) is 24.6 cm³/mol. The van der Waals surface area contributed by atoms with Gasteiger partial charge in [0.2, 0.25) is 0 Å². The topological polar surface area (TPSA) is 12.4 Å². The Balaban J connectivity index is 2.65. The maximum atomic E-state index is 3.49. The van der Waals surface area contributed by atoms with E-state index in [1.807, 2.05) is 0 Å². The summed E-state index contributed by atoms with van der Waals surface area (Å²) in [6.07, 6.45) is 1.70. The average Bonchev–Trinajstić information content (AvgIpc) is 1.41. The monoisotopic (exact) mass is 69.1 g/mol. The van der Waals surface area contributed by atoms with Crippen molar-refractivity contribution < 1.29 is 0 Å². The van der Waals surface area contributed by atoms with Gasteiger partial charge in [-0.2, -0.15) is 0 Å². The molecule has 0 aromatic heterocycles. The van der Waals surface area contributed by atoms with E-state index in [9.17, 15) is 0 Å². The standard InChI is InChI=1S/C4H7N/c1-3-4-5-2/h3H,1-2,4H2. The van der Waals surface area contributed by atoms with Gasteiger partial charge < -0.3 is 0 Å². The van der Waals surface area contributed by atoms with Crippen LogP contribution < -0.4 is 0 Å². The lowest BCUT2D eigenvalue weighted by Crippen LogP contribution is -1.60. The molecule has 0 aliphatic rings. The molecule has 0 unspecified atom stereocenters. The summed E-state index contributed by atoms with van der Waals surface area (Å²) in [5.74, 6) is 0. The molecule has 0 aromatic carbocycles. The number of rotatable bonds is 2. The maximum Gasteiger partial charge on any atom is 0.0560 e. The zero-order valence-corrected chi connectivity index (χ0v) is 3.15. The molecule has 0 radical (unpaired) electrons. The average molecular weight is 69.1 g/mol. The molecule has 0 saturated heterocycles. The van der Waals surface area contributed by atoms with Crippen molar-refractivity contribution in [3.63, 3.8) is 0 Å². The van der Waals surface area contributed by atoms with Crippen LogP contribution in [0.2, 0.25) is 0 Å². The summed E-state index contributed by atoms with van der Waals surface area (Å²) in [5, 5.41) is 0. The quantitative estimate of drug-likeness (QED) is 0.337. The van der Waals surface area contributed by atoms with Gasteiger partial charge in [-0.05, 0) is 6.72 Å². The molecular formula is C4H7N. The highest BCUT2D eigenvalue weighted by molar-refractivity contribution is 5.23. The summed E-state index contributed by atoms with van der Waals surface area (Å²) in [6.45, 7) is 7.31. The molecule has 5 heavy (non-hydrogen) atoms. The SMILES string of the molecule is C=CCN=C. The molecule has 0 amide bonds. The lowest BCUT2D eigenvalue weighted by atomic mass is 10.7. The Bertz CT molecular complexity index is 32.9. The first kappa shape index (κ1) is 4.41. The lowest BCUT2D eigenvalue weighted by Gasteiger charge is -1.67. The highest BCUT2D eigenvalue weighted by Gasteiger charge is 1.52. The molecule has 0 spiro atoms. The van der Waals surface area contributed by atoms with Gasteiger partial charge in [-0.15, -0.1) is 6.58 Å². The molecule has 0 rings (SSSR count).